The molecule has 0 aliphatic heterocycles. The van der Waals surface area contributed by atoms with E-state index < -0.39 is 6.17 Å². The Morgan fingerprint density at radius 3 is 2.59 bits per heavy atom. The van der Waals surface area contributed by atoms with E-state index in [4.69, 9.17) is 5.73 Å². The number of hydrogen-bond donors (Lipinski definition) is 1. The van der Waals surface area contributed by atoms with Gasteiger partial charge in [0.05, 0.1) is 5.69 Å². The molecule has 1 unspecified atom stereocenters. The van der Waals surface area contributed by atoms with Crippen molar-refractivity contribution in [3.05, 3.63) is 35.4 Å². The summed E-state index contributed by atoms with van der Waals surface area (Å²) in [5.41, 5.74) is 9.19. The number of nitrogens with zero attached hydrogens (tertiary/aromatic N) is 2. The number of rotatable bonds is 2. The monoisotopic (exact) mass is 233 g/mol. The number of anilines is 1. The maximum Gasteiger partial charge on any atom is 0.122 e. The van der Waals surface area contributed by atoms with Gasteiger partial charge in [-0.1, -0.05) is 12.1 Å². The summed E-state index contributed by atoms with van der Waals surface area (Å²) in [7, 11) is 1.79. The molecule has 90 valence electrons. The molecule has 2 rings (SSSR count). The highest BCUT2D eigenvalue weighted by atomic mass is 19.1. The van der Waals surface area contributed by atoms with E-state index in [-0.39, 0.29) is 0 Å². The van der Waals surface area contributed by atoms with Crippen LogP contribution in [0.1, 0.15) is 24.2 Å². The Morgan fingerprint density at radius 2 is 2.06 bits per heavy atom. The van der Waals surface area contributed by atoms with E-state index in [9.17, 15) is 4.39 Å². The van der Waals surface area contributed by atoms with Crippen molar-refractivity contribution in [3.8, 4) is 11.3 Å². The predicted octanol–water partition coefficient (Wildman–Crippen LogP) is 3.01. The van der Waals surface area contributed by atoms with Crippen LogP contribution in [0.25, 0.3) is 11.3 Å². The molecule has 0 radical (unpaired) electrons. The zero-order valence-corrected chi connectivity index (χ0v) is 10.2. The summed E-state index contributed by atoms with van der Waals surface area (Å²) in [5, 5.41) is 4.31. The summed E-state index contributed by atoms with van der Waals surface area (Å²) in [6.07, 6.45) is -0.976. The Morgan fingerprint density at radius 1 is 1.35 bits per heavy atom. The largest absolute Gasteiger partial charge is 0.384 e. The van der Waals surface area contributed by atoms with Gasteiger partial charge in [-0.05, 0) is 31.0 Å². The van der Waals surface area contributed by atoms with Crippen LogP contribution in [0.15, 0.2) is 24.3 Å². The summed E-state index contributed by atoms with van der Waals surface area (Å²) >= 11 is 0. The second-order valence-corrected chi connectivity index (χ2v) is 4.27. The molecular formula is C13H16FN3. The zero-order valence-electron chi connectivity index (χ0n) is 10.2. The third-order valence-corrected chi connectivity index (χ3v) is 2.91. The standard InChI is InChI=1S/C13H16FN3/c1-8-4-5-10(9(2)14)6-11(8)12-7-13(15)17(3)16-12/h4-7,9H,15H2,1-3H3. The molecule has 2 aromatic rings. The van der Waals surface area contributed by atoms with Gasteiger partial charge >= 0.3 is 0 Å². The number of nitrogen functional groups attached to an aromatic ring is 1. The summed E-state index contributed by atoms with van der Waals surface area (Å²) in [5.74, 6) is 0.595. The highest BCUT2D eigenvalue weighted by Crippen LogP contribution is 2.28. The molecule has 1 aromatic carbocycles. The van der Waals surface area contributed by atoms with E-state index in [1.165, 1.54) is 6.92 Å². The van der Waals surface area contributed by atoms with Crippen molar-refractivity contribution in [1.29, 1.82) is 0 Å². The maximum absolute atomic E-state index is 13.3. The van der Waals surface area contributed by atoms with Crippen molar-refractivity contribution in [2.24, 2.45) is 7.05 Å². The van der Waals surface area contributed by atoms with Crippen molar-refractivity contribution < 1.29 is 4.39 Å². The van der Waals surface area contributed by atoms with Gasteiger partial charge in [0.15, 0.2) is 0 Å². The van der Waals surface area contributed by atoms with Crippen LogP contribution in [0.2, 0.25) is 0 Å². The molecule has 0 saturated carbocycles. The number of hydrogen-bond acceptors (Lipinski definition) is 2. The van der Waals surface area contributed by atoms with E-state index >= 15 is 0 Å². The van der Waals surface area contributed by atoms with Crippen LogP contribution < -0.4 is 5.73 Å². The van der Waals surface area contributed by atoms with E-state index in [0.29, 0.717) is 11.4 Å². The summed E-state index contributed by atoms with van der Waals surface area (Å²) in [6, 6.07) is 7.35. The highest BCUT2D eigenvalue weighted by Gasteiger charge is 2.11. The van der Waals surface area contributed by atoms with Crippen LogP contribution in [-0.4, -0.2) is 9.78 Å². The number of benzene rings is 1. The van der Waals surface area contributed by atoms with E-state index in [2.05, 4.69) is 5.10 Å². The van der Waals surface area contributed by atoms with Gasteiger partial charge in [-0.3, -0.25) is 4.68 Å². The van der Waals surface area contributed by atoms with Gasteiger partial charge in [0, 0.05) is 18.7 Å². The predicted molar refractivity (Wildman–Crippen MR) is 67.3 cm³/mol. The lowest BCUT2D eigenvalue weighted by Crippen LogP contribution is -1.96. The van der Waals surface area contributed by atoms with Crippen LogP contribution in [-0.2, 0) is 7.05 Å². The lowest BCUT2D eigenvalue weighted by atomic mass is 10.0. The Hall–Kier alpha value is -1.84. The van der Waals surface area contributed by atoms with Gasteiger partial charge in [-0.25, -0.2) is 4.39 Å². The number of alkyl halides is 1. The summed E-state index contributed by atoms with van der Waals surface area (Å²) in [4.78, 5) is 0. The molecule has 17 heavy (non-hydrogen) atoms. The SMILES string of the molecule is Cc1ccc(C(C)F)cc1-c1cc(N)n(C)n1. The quantitative estimate of drug-likeness (QED) is 0.866. The smallest absolute Gasteiger partial charge is 0.122 e. The third kappa shape index (κ3) is 2.16. The van der Waals surface area contributed by atoms with Crippen molar-refractivity contribution in [3.63, 3.8) is 0 Å². The highest BCUT2D eigenvalue weighted by molar-refractivity contribution is 5.66. The van der Waals surface area contributed by atoms with Gasteiger partial charge in [-0.2, -0.15) is 5.10 Å². The van der Waals surface area contributed by atoms with E-state index in [0.717, 1.165) is 16.8 Å². The van der Waals surface area contributed by atoms with Crippen LogP contribution in [0.3, 0.4) is 0 Å². The molecule has 2 N–H and O–H groups in total. The lowest BCUT2D eigenvalue weighted by molar-refractivity contribution is 0.374. The third-order valence-electron chi connectivity index (χ3n) is 2.91. The Bertz CT molecular complexity index is 524. The second-order valence-electron chi connectivity index (χ2n) is 4.27. The van der Waals surface area contributed by atoms with E-state index in [1.54, 1.807) is 23.9 Å². The minimum Gasteiger partial charge on any atom is -0.384 e. The van der Waals surface area contributed by atoms with Crippen molar-refractivity contribution >= 4 is 5.82 Å². The molecular weight excluding hydrogens is 217 g/mol. The van der Waals surface area contributed by atoms with Crippen LogP contribution >= 0.6 is 0 Å². The zero-order chi connectivity index (χ0) is 12.6. The van der Waals surface area contributed by atoms with Crippen molar-refractivity contribution in [2.45, 2.75) is 20.0 Å². The first kappa shape index (κ1) is 11.6. The molecule has 0 aliphatic carbocycles. The van der Waals surface area contributed by atoms with Crippen molar-refractivity contribution in [1.82, 2.24) is 9.78 Å². The van der Waals surface area contributed by atoms with Crippen LogP contribution in [0.5, 0.6) is 0 Å². The Labute approximate surface area is 100 Å². The minimum absolute atomic E-state index is 0.595. The maximum atomic E-state index is 13.3. The first-order valence-electron chi connectivity index (χ1n) is 5.53. The molecule has 1 heterocycles. The van der Waals surface area contributed by atoms with Crippen LogP contribution in [0, 0.1) is 6.92 Å². The van der Waals surface area contributed by atoms with Gasteiger partial charge < -0.3 is 5.73 Å². The molecule has 0 aliphatic rings. The summed E-state index contributed by atoms with van der Waals surface area (Å²) < 4.78 is 14.9. The van der Waals surface area contributed by atoms with Gasteiger partial charge in [-0.15, -0.1) is 0 Å². The normalized spacial score (nSPS) is 12.7. The van der Waals surface area contributed by atoms with Gasteiger partial charge in [0.25, 0.3) is 0 Å². The topological polar surface area (TPSA) is 43.8 Å². The fraction of sp³-hybridized carbons (Fsp3) is 0.308. The molecule has 0 amide bonds. The van der Waals surface area contributed by atoms with Gasteiger partial charge in [0.1, 0.15) is 12.0 Å². The number of halogens is 1. The average Bonchev–Trinajstić information content (AvgIpc) is 2.59. The molecule has 0 saturated heterocycles. The van der Waals surface area contributed by atoms with Gasteiger partial charge in [0.2, 0.25) is 0 Å². The Balaban J connectivity index is 2.54. The number of aromatic nitrogens is 2. The van der Waals surface area contributed by atoms with Crippen LogP contribution in [0.4, 0.5) is 10.2 Å². The average molecular weight is 233 g/mol. The first-order valence-corrected chi connectivity index (χ1v) is 5.53. The molecule has 1 aromatic heterocycles. The molecule has 1 atom stereocenters. The molecule has 0 spiro atoms. The van der Waals surface area contributed by atoms with E-state index in [1.807, 2.05) is 19.1 Å². The lowest BCUT2D eigenvalue weighted by Gasteiger charge is -2.07. The second kappa shape index (κ2) is 4.20. The fourth-order valence-electron chi connectivity index (χ4n) is 1.78. The first-order chi connectivity index (χ1) is 7.99. The number of aryl methyl sites for hydroxylation is 2. The Kier molecular flexibility index (Phi) is 2.88. The fourth-order valence-corrected chi connectivity index (χ4v) is 1.78. The molecule has 0 fully saturated rings. The molecule has 3 nitrogen and oxygen atoms in total. The van der Waals surface area contributed by atoms with Crippen molar-refractivity contribution in [2.75, 3.05) is 5.73 Å². The number of nitrogens with two attached hydrogens (primary N) is 1. The summed E-state index contributed by atoms with van der Waals surface area (Å²) in [6.45, 7) is 3.51. The molecule has 4 heteroatoms. The minimum atomic E-state index is -0.976. The molecule has 0 bridgehead atoms.